The minimum atomic E-state index is -0.825. The van der Waals surface area contributed by atoms with E-state index in [0.717, 1.165) is 10.6 Å². The van der Waals surface area contributed by atoms with Gasteiger partial charge in [-0.2, -0.15) is 0 Å². The molecule has 3 amide bonds. The molecule has 0 unspecified atom stereocenters. The number of hydrogen-bond acceptors (Lipinski definition) is 3. The quantitative estimate of drug-likeness (QED) is 0.372. The van der Waals surface area contributed by atoms with Gasteiger partial charge >= 0.3 is 6.03 Å². The lowest BCUT2D eigenvalue weighted by Crippen LogP contribution is -2.49. The van der Waals surface area contributed by atoms with E-state index in [4.69, 9.17) is 22.3 Å². The van der Waals surface area contributed by atoms with Crippen LogP contribution in [0.1, 0.15) is 35.7 Å². The molecule has 0 saturated carbocycles. The van der Waals surface area contributed by atoms with Crippen LogP contribution >= 0.6 is 11.6 Å². The molecule has 0 spiro atoms. The van der Waals surface area contributed by atoms with Gasteiger partial charge in [0.1, 0.15) is 0 Å². The van der Waals surface area contributed by atoms with Gasteiger partial charge in [-0.15, -0.1) is 0 Å². The Morgan fingerprint density at radius 2 is 1.64 bits per heavy atom. The number of nitrogens with two attached hydrogens (primary N) is 1. The maximum absolute atomic E-state index is 13.3. The molecule has 0 radical (unpaired) electrons. The van der Waals surface area contributed by atoms with Gasteiger partial charge in [0.15, 0.2) is 0 Å². The number of anilines is 1. The predicted octanol–water partition coefficient (Wildman–Crippen LogP) is 5.91. The van der Waals surface area contributed by atoms with Crippen molar-refractivity contribution in [2.24, 2.45) is 5.73 Å². The molecule has 4 aromatic rings. The Balaban J connectivity index is 1.74. The summed E-state index contributed by atoms with van der Waals surface area (Å²) in [7, 11) is 0. The maximum Gasteiger partial charge on any atom is 0.338 e. The molecule has 0 bridgehead atoms. The van der Waals surface area contributed by atoms with E-state index in [1.165, 1.54) is 5.56 Å². The van der Waals surface area contributed by atoms with Crippen molar-refractivity contribution in [1.82, 2.24) is 10.4 Å². The van der Waals surface area contributed by atoms with Gasteiger partial charge in [0.25, 0.3) is 5.91 Å². The van der Waals surface area contributed by atoms with Gasteiger partial charge in [-0.05, 0) is 47.9 Å². The minimum Gasteiger partial charge on any atom is -0.350 e. The number of urea groups is 1. The van der Waals surface area contributed by atoms with Crippen LogP contribution in [0.15, 0.2) is 78.9 Å². The molecular formula is C26H23ClN4O2. The second-order valence-corrected chi connectivity index (χ2v) is 8.38. The standard InChI is InChI=1S/C26H23ClN4O2/c1-16(2)17-7-9-18(10-8-17)24-15-22(21-5-3-4-6-23(21)29-24)25(32)30-31(26(28)33)20-13-11-19(27)12-14-20/h3-16H,1-2H3,(H2,28,33)(H,30,32). The van der Waals surface area contributed by atoms with Gasteiger partial charge < -0.3 is 5.73 Å². The lowest BCUT2D eigenvalue weighted by molar-refractivity contribution is 0.0952. The van der Waals surface area contributed by atoms with Gasteiger partial charge in [0.2, 0.25) is 0 Å². The Kier molecular flexibility index (Phi) is 6.29. The second-order valence-electron chi connectivity index (χ2n) is 7.94. The van der Waals surface area contributed by atoms with Crippen LogP contribution in [0, 0.1) is 0 Å². The number of pyridine rings is 1. The van der Waals surface area contributed by atoms with E-state index < -0.39 is 11.9 Å². The first-order chi connectivity index (χ1) is 15.8. The summed E-state index contributed by atoms with van der Waals surface area (Å²) < 4.78 is 0. The number of hydrazine groups is 1. The zero-order chi connectivity index (χ0) is 23.5. The summed E-state index contributed by atoms with van der Waals surface area (Å²) in [6, 6.07) is 22.8. The Labute approximate surface area is 197 Å². The summed E-state index contributed by atoms with van der Waals surface area (Å²) in [6.45, 7) is 4.27. The number of halogens is 1. The number of fused-ring (bicyclic) bond motifs is 1. The largest absolute Gasteiger partial charge is 0.350 e. The van der Waals surface area contributed by atoms with E-state index in [1.54, 1.807) is 30.3 Å². The third-order valence-electron chi connectivity index (χ3n) is 5.35. The molecule has 0 saturated heterocycles. The molecule has 0 aliphatic heterocycles. The molecule has 0 fully saturated rings. The van der Waals surface area contributed by atoms with Crippen molar-refractivity contribution >= 4 is 40.1 Å². The van der Waals surface area contributed by atoms with Crippen LogP contribution < -0.4 is 16.2 Å². The number of primary amides is 1. The molecular weight excluding hydrogens is 436 g/mol. The van der Waals surface area contributed by atoms with Crippen LogP contribution in [-0.4, -0.2) is 16.9 Å². The first-order valence-electron chi connectivity index (χ1n) is 10.5. The van der Waals surface area contributed by atoms with E-state index in [0.29, 0.717) is 38.8 Å². The molecule has 33 heavy (non-hydrogen) atoms. The predicted molar refractivity (Wildman–Crippen MR) is 132 cm³/mol. The number of hydrogen-bond donors (Lipinski definition) is 2. The highest BCUT2D eigenvalue weighted by molar-refractivity contribution is 6.30. The van der Waals surface area contributed by atoms with E-state index in [1.807, 2.05) is 36.4 Å². The lowest BCUT2D eigenvalue weighted by atomic mass is 9.99. The van der Waals surface area contributed by atoms with Gasteiger partial charge in [-0.3, -0.25) is 10.2 Å². The van der Waals surface area contributed by atoms with Crippen molar-refractivity contribution < 1.29 is 9.59 Å². The zero-order valence-electron chi connectivity index (χ0n) is 18.2. The van der Waals surface area contributed by atoms with Gasteiger partial charge in [0.05, 0.1) is 22.5 Å². The average molecular weight is 459 g/mol. The number of nitrogens with zero attached hydrogens (tertiary/aromatic N) is 2. The van der Waals surface area contributed by atoms with Crippen LogP contribution in [0.5, 0.6) is 0 Å². The molecule has 3 aromatic carbocycles. The molecule has 166 valence electrons. The van der Waals surface area contributed by atoms with Crippen LogP contribution in [0.3, 0.4) is 0 Å². The highest BCUT2D eigenvalue weighted by Crippen LogP contribution is 2.27. The summed E-state index contributed by atoms with van der Waals surface area (Å²) in [4.78, 5) is 30.2. The lowest BCUT2D eigenvalue weighted by Gasteiger charge is -2.22. The zero-order valence-corrected chi connectivity index (χ0v) is 19.0. The van der Waals surface area contributed by atoms with E-state index in [-0.39, 0.29) is 0 Å². The fourth-order valence-corrected chi connectivity index (χ4v) is 3.67. The van der Waals surface area contributed by atoms with Crippen molar-refractivity contribution in [3.05, 3.63) is 95.0 Å². The summed E-state index contributed by atoms with van der Waals surface area (Å²) in [5.41, 5.74) is 12.4. The van der Waals surface area contributed by atoms with Crippen molar-refractivity contribution in [2.45, 2.75) is 19.8 Å². The topological polar surface area (TPSA) is 88.3 Å². The molecule has 0 atom stereocenters. The molecule has 3 N–H and O–H groups in total. The first-order valence-corrected chi connectivity index (χ1v) is 10.9. The molecule has 7 heteroatoms. The van der Waals surface area contributed by atoms with Gasteiger partial charge in [-0.1, -0.05) is 67.9 Å². The number of rotatable bonds is 4. The number of nitrogens with one attached hydrogen (secondary N) is 1. The summed E-state index contributed by atoms with van der Waals surface area (Å²) in [6.07, 6.45) is 0. The second kappa shape index (κ2) is 9.30. The van der Waals surface area contributed by atoms with Crippen molar-refractivity contribution in [1.29, 1.82) is 0 Å². The van der Waals surface area contributed by atoms with Crippen LogP contribution in [0.4, 0.5) is 10.5 Å². The number of aromatic nitrogens is 1. The minimum absolute atomic E-state index is 0.378. The molecule has 1 heterocycles. The van der Waals surface area contributed by atoms with Crippen LogP contribution in [0.25, 0.3) is 22.2 Å². The molecule has 0 aliphatic rings. The Bertz CT molecular complexity index is 1320. The Morgan fingerprint density at radius 3 is 2.27 bits per heavy atom. The third-order valence-corrected chi connectivity index (χ3v) is 5.60. The highest BCUT2D eigenvalue weighted by atomic mass is 35.5. The van der Waals surface area contributed by atoms with Crippen molar-refractivity contribution in [3.8, 4) is 11.3 Å². The van der Waals surface area contributed by atoms with E-state index in [2.05, 4.69) is 31.4 Å². The number of carbonyl (C=O) groups excluding carboxylic acids is 2. The highest BCUT2D eigenvalue weighted by Gasteiger charge is 2.20. The fraction of sp³-hybridized carbons (Fsp3) is 0.115. The number of benzene rings is 3. The van der Waals surface area contributed by atoms with Crippen LogP contribution in [-0.2, 0) is 0 Å². The average Bonchev–Trinajstić information content (AvgIpc) is 2.82. The Morgan fingerprint density at radius 1 is 0.970 bits per heavy atom. The first kappa shape index (κ1) is 22.3. The normalized spacial score (nSPS) is 10.9. The third kappa shape index (κ3) is 4.81. The monoisotopic (exact) mass is 458 g/mol. The summed E-state index contributed by atoms with van der Waals surface area (Å²) in [5.74, 6) is -0.0694. The summed E-state index contributed by atoms with van der Waals surface area (Å²) >= 11 is 5.94. The van der Waals surface area contributed by atoms with Crippen LogP contribution in [0.2, 0.25) is 5.02 Å². The fourth-order valence-electron chi connectivity index (χ4n) is 3.55. The molecule has 6 nitrogen and oxygen atoms in total. The Hall–Kier alpha value is -3.90. The van der Waals surface area contributed by atoms with E-state index in [9.17, 15) is 9.59 Å². The van der Waals surface area contributed by atoms with Crippen molar-refractivity contribution in [3.63, 3.8) is 0 Å². The van der Waals surface area contributed by atoms with Crippen molar-refractivity contribution in [2.75, 3.05) is 5.01 Å². The molecule has 0 aliphatic carbocycles. The summed E-state index contributed by atoms with van der Waals surface area (Å²) in [5, 5.41) is 2.16. The molecule has 4 rings (SSSR count). The maximum atomic E-state index is 13.3. The van der Waals surface area contributed by atoms with Gasteiger partial charge in [-0.25, -0.2) is 14.8 Å². The number of carbonyl (C=O) groups is 2. The number of para-hydroxylation sites is 1. The van der Waals surface area contributed by atoms with E-state index >= 15 is 0 Å². The molecule has 1 aromatic heterocycles. The smallest absolute Gasteiger partial charge is 0.338 e. The van der Waals surface area contributed by atoms with Gasteiger partial charge in [0, 0.05) is 16.0 Å². The SMILES string of the molecule is CC(C)c1ccc(-c2cc(C(=O)NN(C(N)=O)c3ccc(Cl)cc3)c3ccccc3n2)cc1. The number of amides is 3.